The molecule has 2 amide bonds. The average Bonchev–Trinajstić information content (AvgIpc) is 3.17. The summed E-state index contributed by atoms with van der Waals surface area (Å²) < 4.78 is 31.6. The maximum atomic E-state index is 12.3. The van der Waals surface area contributed by atoms with Crippen LogP contribution in [0.25, 0.3) is 0 Å². The van der Waals surface area contributed by atoms with Crippen LogP contribution in [0.3, 0.4) is 0 Å². The number of aliphatic imine (C=N–C) groups is 1. The van der Waals surface area contributed by atoms with Crippen LogP contribution in [0.1, 0.15) is 39.1 Å². The first kappa shape index (κ1) is 20.7. The lowest BCUT2D eigenvalue weighted by atomic mass is 10.1. The van der Waals surface area contributed by atoms with Crippen molar-refractivity contribution in [3.63, 3.8) is 0 Å². The van der Waals surface area contributed by atoms with E-state index in [2.05, 4.69) is 9.71 Å². The Hall–Kier alpha value is -3.53. The van der Waals surface area contributed by atoms with Crippen molar-refractivity contribution in [3.05, 3.63) is 65.2 Å². The standard InChI is InChI=1S/C21H19N3O6S/c25-18(30-13-12-24-20(26)14-6-1-2-7-15(14)21(24)27)10-5-11-22-19-16-8-3-4-9-17(16)31(28,29)23-19/h1-4,6-9H,5,10-13H2,(H,22,23). The number of esters is 1. The van der Waals surface area contributed by atoms with Crippen molar-refractivity contribution in [3.8, 4) is 0 Å². The number of benzene rings is 2. The van der Waals surface area contributed by atoms with Crippen LogP contribution >= 0.6 is 0 Å². The third kappa shape index (κ3) is 4.06. The van der Waals surface area contributed by atoms with Gasteiger partial charge in [0.05, 0.1) is 22.6 Å². The second kappa shape index (κ2) is 8.31. The Balaban J connectivity index is 1.22. The van der Waals surface area contributed by atoms with Gasteiger partial charge >= 0.3 is 5.97 Å². The summed E-state index contributed by atoms with van der Waals surface area (Å²) in [6.07, 6.45) is 0.437. The number of carbonyl (C=O) groups is 3. The summed E-state index contributed by atoms with van der Waals surface area (Å²) >= 11 is 0. The van der Waals surface area contributed by atoms with E-state index >= 15 is 0 Å². The highest BCUT2D eigenvalue weighted by Crippen LogP contribution is 2.23. The highest BCUT2D eigenvalue weighted by Gasteiger charge is 2.35. The Labute approximate surface area is 178 Å². The Bertz CT molecular complexity index is 1170. The third-order valence-corrected chi connectivity index (χ3v) is 6.32. The molecular weight excluding hydrogens is 422 g/mol. The summed E-state index contributed by atoms with van der Waals surface area (Å²) in [7, 11) is -3.59. The SMILES string of the molecule is O=C(CCCN=C1NS(=O)(=O)c2ccccc21)OCCN1C(=O)c2ccccc2C1=O. The predicted molar refractivity (Wildman–Crippen MR) is 110 cm³/mol. The van der Waals surface area contributed by atoms with Gasteiger partial charge in [0.15, 0.2) is 0 Å². The molecule has 0 fully saturated rings. The smallest absolute Gasteiger partial charge is 0.305 e. The van der Waals surface area contributed by atoms with Crippen LogP contribution < -0.4 is 4.72 Å². The highest BCUT2D eigenvalue weighted by molar-refractivity contribution is 7.90. The first-order chi connectivity index (χ1) is 14.9. The normalized spacial score (nSPS) is 17.4. The summed E-state index contributed by atoms with van der Waals surface area (Å²) in [6.45, 7) is 0.130. The van der Waals surface area contributed by atoms with E-state index in [0.29, 0.717) is 23.1 Å². The lowest BCUT2D eigenvalue weighted by molar-refractivity contribution is -0.143. The minimum absolute atomic E-state index is 0.0149. The maximum absolute atomic E-state index is 12.3. The van der Waals surface area contributed by atoms with Crippen molar-refractivity contribution in [1.29, 1.82) is 0 Å². The van der Waals surface area contributed by atoms with E-state index in [0.717, 1.165) is 4.90 Å². The Morgan fingerprint density at radius 3 is 2.26 bits per heavy atom. The zero-order valence-electron chi connectivity index (χ0n) is 16.4. The number of fused-ring (bicyclic) bond motifs is 2. The molecule has 1 N–H and O–H groups in total. The van der Waals surface area contributed by atoms with E-state index < -0.39 is 27.8 Å². The second-order valence-corrected chi connectivity index (χ2v) is 8.61. The molecule has 2 aromatic rings. The number of nitrogens with zero attached hydrogens (tertiary/aromatic N) is 2. The topological polar surface area (TPSA) is 122 Å². The molecule has 0 saturated heterocycles. The number of nitrogens with one attached hydrogen (secondary N) is 1. The Kier molecular flexibility index (Phi) is 5.55. The molecule has 31 heavy (non-hydrogen) atoms. The van der Waals surface area contributed by atoms with Gasteiger partial charge in [-0.05, 0) is 30.7 Å². The number of rotatable bonds is 7. The fourth-order valence-corrected chi connectivity index (χ4v) is 4.68. The molecule has 0 saturated carbocycles. The molecule has 160 valence electrons. The van der Waals surface area contributed by atoms with Gasteiger partial charge in [0.25, 0.3) is 21.8 Å². The number of imide groups is 1. The van der Waals surface area contributed by atoms with Gasteiger partial charge < -0.3 is 4.74 Å². The van der Waals surface area contributed by atoms with E-state index in [1.54, 1.807) is 42.5 Å². The van der Waals surface area contributed by atoms with Crippen LogP contribution in [0.15, 0.2) is 58.4 Å². The summed E-state index contributed by atoms with van der Waals surface area (Å²) in [6, 6.07) is 13.1. The average molecular weight is 441 g/mol. The second-order valence-electron chi connectivity index (χ2n) is 6.96. The monoisotopic (exact) mass is 441 g/mol. The Morgan fingerprint density at radius 2 is 1.58 bits per heavy atom. The fourth-order valence-electron chi connectivity index (χ4n) is 3.43. The molecule has 2 heterocycles. The van der Waals surface area contributed by atoms with Gasteiger partial charge in [0.2, 0.25) is 0 Å². The number of sulfonamides is 1. The number of amidine groups is 1. The molecule has 0 unspecified atom stereocenters. The largest absolute Gasteiger partial charge is 0.464 e. The van der Waals surface area contributed by atoms with Crippen molar-refractivity contribution >= 4 is 33.6 Å². The van der Waals surface area contributed by atoms with Crippen molar-refractivity contribution in [1.82, 2.24) is 9.62 Å². The van der Waals surface area contributed by atoms with Crippen LogP contribution in [0, 0.1) is 0 Å². The number of hydrogen-bond donors (Lipinski definition) is 1. The first-order valence-corrected chi connectivity index (χ1v) is 11.1. The highest BCUT2D eigenvalue weighted by atomic mass is 32.2. The molecule has 2 aliphatic rings. The lowest BCUT2D eigenvalue weighted by Crippen LogP contribution is -2.33. The summed E-state index contributed by atoms with van der Waals surface area (Å²) in [5.41, 5.74) is 1.20. The van der Waals surface area contributed by atoms with Gasteiger partial charge in [0, 0.05) is 18.5 Å². The van der Waals surface area contributed by atoms with Crippen LogP contribution in [-0.2, 0) is 19.6 Å². The molecule has 10 heteroatoms. The van der Waals surface area contributed by atoms with Crippen molar-refractivity contribution < 1.29 is 27.5 Å². The molecule has 0 radical (unpaired) electrons. The minimum atomic E-state index is -3.59. The minimum Gasteiger partial charge on any atom is -0.464 e. The first-order valence-electron chi connectivity index (χ1n) is 9.66. The van der Waals surface area contributed by atoms with Crippen LogP contribution in [0.5, 0.6) is 0 Å². The van der Waals surface area contributed by atoms with Crippen molar-refractivity contribution in [2.24, 2.45) is 4.99 Å². The third-order valence-electron chi connectivity index (χ3n) is 4.93. The summed E-state index contributed by atoms with van der Waals surface area (Å²) in [4.78, 5) is 41.9. The van der Waals surface area contributed by atoms with Gasteiger partial charge in [-0.3, -0.25) is 29.0 Å². The van der Waals surface area contributed by atoms with Crippen LogP contribution in [0.2, 0.25) is 0 Å². The zero-order valence-corrected chi connectivity index (χ0v) is 17.2. The summed E-state index contributed by atoms with van der Waals surface area (Å²) in [5, 5.41) is 0. The zero-order chi connectivity index (χ0) is 22.0. The van der Waals surface area contributed by atoms with E-state index in [1.807, 2.05) is 0 Å². The molecule has 0 aliphatic carbocycles. The molecule has 0 spiro atoms. The van der Waals surface area contributed by atoms with E-state index in [1.165, 1.54) is 6.07 Å². The van der Waals surface area contributed by atoms with Gasteiger partial charge in [-0.25, -0.2) is 8.42 Å². The molecular formula is C21H19N3O6S. The molecule has 9 nitrogen and oxygen atoms in total. The molecule has 2 aromatic carbocycles. The number of carbonyl (C=O) groups excluding carboxylic acids is 3. The fraction of sp³-hybridized carbons (Fsp3) is 0.238. The molecule has 0 aromatic heterocycles. The van der Waals surface area contributed by atoms with Gasteiger partial charge in [-0.15, -0.1) is 0 Å². The van der Waals surface area contributed by atoms with Gasteiger partial charge in [-0.2, -0.15) is 0 Å². The molecule has 0 bridgehead atoms. The van der Waals surface area contributed by atoms with E-state index in [4.69, 9.17) is 4.74 Å². The molecule has 2 aliphatic heterocycles. The predicted octanol–water partition coefficient (Wildman–Crippen LogP) is 1.34. The van der Waals surface area contributed by atoms with Gasteiger partial charge in [0.1, 0.15) is 12.4 Å². The molecule has 4 rings (SSSR count). The van der Waals surface area contributed by atoms with E-state index in [-0.39, 0.29) is 36.8 Å². The quantitative estimate of drug-likeness (QED) is 0.393. The maximum Gasteiger partial charge on any atom is 0.305 e. The van der Waals surface area contributed by atoms with Crippen LogP contribution in [0.4, 0.5) is 0 Å². The van der Waals surface area contributed by atoms with Crippen LogP contribution in [-0.4, -0.2) is 56.6 Å². The lowest BCUT2D eigenvalue weighted by Gasteiger charge is -2.13. The van der Waals surface area contributed by atoms with E-state index in [9.17, 15) is 22.8 Å². The van der Waals surface area contributed by atoms with Crippen molar-refractivity contribution in [2.75, 3.05) is 19.7 Å². The molecule has 0 atom stereocenters. The Morgan fingerprint density at radius 1 is 0.968 bits per heavy atom. The number of ether oxygens (including phenoxy) is 1. The summed E-state index contributed by atoms with van der Waals surface area (Å²) in [5.74, 6) is -1.02. The number of amides is 2. The number of hydrogen-bond acceptors (Lipinski definition) is 7. The van der Waals surface area contributed by atoms with Gasteiger partial charge in [-0.1, -0.05) is 24.3 Å². The van der Waals surface area contributed by atoms with Crippen molar-refractivity contribution in [2.45, 2.75) is 17.7 Å².